The summed E-state index contributed by atoms with van der Waals surface area (Å²) in [4.78, 5) is 4.99. The minimum atomic E-state index is 0.221. The lowest BCUT2D eigenvalue weighted by atomic mass is 10.0. The number of aliphatic hydroxyl groups excluding tert-OH is 1. The molecular weight excluding hydrogens is 352 g/mol. The zero-order valence-corrected chi connectivity index (χ0v) is 17.2. The molecule has 28 heavy (non-hydrogen) atoms. The number of hydrogen-bond donors (Lipinski definition) is 1. The maximum atomic E-state index is 9.57. The SMILES string of the molecule is COc1ccc(CN2CCN(Cc3ccc(OC)c(C)c3)[C@H](CCO)C2)cc1. The summed E-state index contributed by atoms with van der Waals surface area (Å²) in [7, 11) is 3.40. The zero-order valence-electron chi connectivity index (χ0n) is 17.2. The number of benzene rings is 2. The summed E-state index contributed by atoms with van der Waals surface area (Å²) >= 11 is 0. The molecule has 5 nitrogen and oxygen atoms in total. The van der Waals surface area contributed by atoms with Gasteiger partial charge in [-0.1, -0.05) is 24.3 Å². The average Bonchev–Trinajstić information content (AvgIpc) is 2.71. The van der Waals surface area contributed by atoms with Crippen molar-refractivity contribution in [2.24, 2.45) is 0 Å². The highest BCUT2D eigenvalue weighted by molar-refractivity contribution is 5.36. The molecule has 1 N–H and O–H groups in total. The fourth-order valence-electron chi connectivity index (χ4n) is 3.99. The molecule has 1 fully saturated rings. The average molecular weight is 385 g/mol. The van der Waals surface area contributed by atoms with Crippen LogP contribution in [0.5, 0.6) is 11.5 Å². The highest BCUT2D eigenvalue weighted by Crippen LogP contribution is 2.23. The Morgan fingerprint density at radius 3 is 2.36 bits per heavy atom. The van der Waals surface area contributed by atoms with Crippen LogP contribution in [0.3, 0.4) is 0 Å². The molecule has 152 valence electrons. The van der Waals surface area contributed by atoms with Crippen molar-refractivity contribution in [2.45, 2.75) is 32.5 Å². The topological polar surface area (TPSA) is 45.2 Å². The van der Waals surface area contributed by atoms with Gasteiger partial charge in [0.1, 0.15) is 11.5 Å². The highest BCUT2D eigenvalue weighted by Gasteiger charge is 2.26. The van der Waals surface area contributed by atoms with Crippen LogP contribution < -0.4 is 9.47 Å². The monoisotopic (exact) mass is 384 g/mol. The number of aliphatic hydroxyl groups is 1. The van der Waals surface area contributed by atoms with Gasteiger partial charge < -0.3 is 14.6 Å². The third-order valence-corrected chi connectivity index (χ3v) is 5.56. The number of nitrogens with zero attached hydrogens (tertiary/aromatic N) is 2. The Labute approximate surface area is 168 Å². The lowest BCUT2D eigenvalue weighted by Gasteiger charge is -2.41. The van der Waals surface area contributed by atoms with Crippen LogP contribution in [0.25, 0.3) is 0 Å². The van der Waals surface area contributed by atoms with Crippen LogP contribution in [0.1, 0.15) is 23.1 Å². The van der Waals surface area contributed by atoms with Gasteiger partial charge in [-0.2, -0.15) is 0 Å². The van der Waals surface area contributed by atoms with Crippen molar-refractivity contribution in [3.63, 3.8) is 0 Å². The van der Waals surface area contributed by atoms with Crippen LogP contribution in [0.2, 0.25) is 0 Å². The van der Waals surface area contributed by atoms with Gasteiger partial charge in [-0.15, -0.1) is 0 Å². The molecule has 1 aliphatic rings. The van der Waals surface area contributed by atoms with E-state index in [1.54, 1.807) is 14.2 Å². The van der Waals surface area contributed by atoms with Crippen LogP contribution >= 0.6 is 0 Å². The van der Waals surface area contributed by atoms with Gasteiger partial charge in [0, 0.05) is 45.4 Å². The first-order chi connectivity index (χ1) is 13.6. The predicted octanol–water partition coefficient (Wildman–Crippen LogP) is 3.08. The molecule has 2 aromatic carbocycles. The van der Waals surface area contributed by atoms with Crippen molar-refractivity contribution >= 4 is 0 Å². The van der Waals surface area contributed by atoms with Crippen molar-refractivity contribution in [2.75, 3.05) is 40.5 Å². The van der Waals surface area contributed by atoms with Crippen molar-refractivity contribution < 1.29 is 14.6 Å². The van der Waals surface area contributed by atoms with E-state index in [4.69, 9.17) is 9.47 Å². The van der Waals surface area contributed by atoms with Crippen LogP contribution in [0.4, 0.5) is 0 Å². The van der Waals surface area contributed by atoms with E-state index >= 15 is 0 Å². The molecule has 0 bridgehead atoms. The Morgan fingerprint density at radius 1 is 0.964 bits per heavy atom. The van der Waals surface area contributed by atoms with Gasteiger partial charge in [-0.25, -0.2) is 0 Å². The number of piperazine rings is 1. The fourth-order valence-corrected chi connectivity index (χ4v) is 3.99. The molecule has 1 aliphatic heterocycles. The van der Waals surface area contributed by atoms with Crippen LogP contribution in [-0.2, 0) is 13.1 Å². The molecule has 0 amide bonds. The number of methoxy groups -OCH3 is 2. The second-order valence-corrected chi connectivity index (χ2v) is 7.52. The Hall–Kier alpha value is -2.08. The van der Waals surface area contributed by atoms with E-state index in [0.29, 0.717) is 6.04 Å². The van der Waals surface area contributed by atoms with E-state index in [0.717, 1.165) is 56.2 Å². The van der Waals surface area contributed by atoms with E-state index in [-0.39, 0.29) is 6.61 Å². The highest BCUT2D eigenvalue weighted by atomic mass is 16.5. The van der Waals surface area contributed by atoms with Crippen molar-refractivity contribution in [3.8, 4) is 11.5 Å². The molecule has 0 aromatic heterocycles. The molecular formula is C23H32N2O3. The molecule has 0 aliphatic carbocycles. The maximum Gasteiger partial charge on any atom is 0.121 e. The Morgan fingerprint density at radius 2 is 1.71 bits per heavy atom. The van der Waals surface area contributed by atoms with Crippen LogP contribution in [0, 0.1) is 6.92 Å². The largest absolute Gasteiger partial charge is 0.497 e. The van der Waals surface area contributed by atoms with Crippen LogP contribution in [0.15, 0.2) is 42.5 Å². The second-order valence-electron chi connectivity index (χ2n) is 7.52. The Balaban J connectivity index is 1.62. The summed E-state index contributed by atoms with van der Waals surface area (Å²) < 4.78 is 10.6. The summed E-state index contributed by atoms with van der Waals surface area (Å²) in [5, 5.41) is 9.57. The third kappa shape index (κ3) is 5.25. The third-order valence-electron chi connectivity index (χ3n) is 5.56. The van der Waals surface area contributed by atoms with Gasteiger partial charge in [-0.05, 0) is 48.2 Å². The molecule has 1 saturated heterocycles. The number of hydrogen-bond acceptors (Lipinski definition) is 5. The molecule has 2 aromatic rings. The minimum absolute atomic E-state index is 0.221. The molecule has 0 spiro atoms. The van der Waals surface area contributed by atoms with E-state index in [2.05, 4.69) is 41.0 Å². The molecule has 5 heteroatoms. The molecule has 1 heterocycles. The summed E-state index contributed by atoms with van der Waals surface area (Å²) in [5.74, 6) is 1.82. The zero-order chi connectivity index (χ0) is 19.9. The van der Waals surface area contributed by atoms with Crippen molar-refractivity contribution in [3.05, 3.63) is 59.2 Å². The standard InChI is InChI=1S/C23H32N2O3/c1-18-14-20(6-9-23(18)28-3)16-25-12-11-24(17-21(25)10-13-26)15-19-4-7-22(27-2)8-5-19/h4-9,14,21,26H,10-13,15-17H2,1-3H3/t21-/m1/s1. The van der Waals surface area contributed by atoms with Gasteiger partial charge in [0.15, 0.2) is 0 Å². The Kier molecular flexibility index (Phi) is 7.31. The first-order valence-corrected chi connectivity index (χ1v) is 9.96. The van der Waals surface area contributed by atoms with Gasteiger partial charge >= 0.3 is 0 Å². The lowest BCUT2D eigenvalue weighted by molar-refractivity contribution is 0.0499. The van der Waals surface area contributed by atoms with Crippen LogP contribution in [-0.4, -0.2) is 61.4 Å². The van der Waals surface area contributed by atoms with E-state index in [9.17, 15) is 5.11 Å². The van der Waals surface area contributed by atoms with Crippen molar-refractivity contribution in [1.29, 1.82) is 0 Å². The number of ether oxygens (including phenoxy) is 2. The van der Waals surface area contributed by atoms with Crippen molar-refractivity contribution in [1.82, 2.24) is 9.80 Å². The van der Waals surface area contributed by atoms with E-state index in [1.165, 1.54) is 11.1 Å². The smallest absolute Gasteiger partial charge is 0.121 e. The molecule has 1 atom stereocenters. The molecule has 3 rings (SSSR count). The first kappa shape index (κ1) is 20.6. The summed E-state index contributed by atoms with van der Waals surface area (Å²) in [6.07, 6.45) is 0.800. The fraction of sp³-hybridized carbons (Fsp3) is 0.478. The number of rotatable bonds is 8. The first-order valence-electron chi connectivity index (χ1n) is 9.96. The van der Waals surface area contributed by atoms with Gasteiger partial charge in [-0.3, -0.25) is 9.80 Å². The predicted molar refractivity (Wildman–Crippen MR) is 112 cm³/mol. The van der Waals surface area contributed by atoms with Gasteiger partial charge in [0.25, 0.3) is 0 Å². The Bertz CT molecular complexity index is 748. The summed E-state index contributed by atoms with van der Waals surface area (Å²) in [5.41, 5.74) is 3.75. The maximum absolute atomic E-state index is 9.57. The van der Waals surface area contributed by atoms with Gasteiger partial charge in [0.2, 0.25) is 0 Å². The summed E-state index contributed by atoms with van der Waals surface area (Å²) in [6.45, 7) is 7.16. The second kappa shape index (κ2) is 9.92. The number of aryl methyl sites for hydroxylation is 1. The lowest BCUT2D eigenvalue weighted by Crippen LogP contribution is -2.52. The summed E-state index contributed by atoms with van der Waals surface area (Å²) in [6, 6.07) is 15.1. The molecule has 0 saturated carbocycles. The van der Waals surface area contributed by atoms with E-state index in [1.807, 2.05) is 18.2 Å². The van der Waals surface area contributed by atoms with Gasteiger partial charge in [0.05, 0.1) is 14.2 Å². The normalized spacial score (nSPS) is 18.2. The molecule has 0 radical (unpaired) electrons. The van der Waals surface area contributed by atoms with E-state index < -0.39 is 0 Å². The molecule has 0 unspecified atom stereocenters. The quantitative estimate of drug-likeness (QED) is 0.758. The minimum Gasteiger partial charge on any atom is -0.497 e.